The Balaban J connectivity index is 1.19. The largest absolute Gasteiger partial charge is 0.455 e. The Morgan fingerprint density at radius 3 is 2.50 bits per heavy atom. The number of carbonyl (C=O) groups excluding carboxylic acids is 1. The first-order valence-electron chi connectivity index (χ1n) is 11.6. The minimum Gasteiger partial charge on any atom is -0.455 e. The van der Waals surface area contributed by atoms with E-state index in [1.165, 1.54) is 38.5 Å². The van der Waals surface area contributed by atoms with Crippen LogP contribution in [0.2, 0.25) is 0 Å². The molecule has 1 unspecified atom stereocenters. The highest BCUT2D eigenvalue weighted by Gasteiger charge is 2.46. The zero-order valence-corrected chi connectivity index (χ0v) is 18.7. The van der Waals surface area contributed by atoms with Crippen LogP contribution in [0.25, 0.3) is 0 Å². The van der Waals surface area contributed by atoms with Crippen molar-refractivity contribution in [2.24, 2.45) is 11.3 Å². The summed E-state index contributed by atoms with van der Waals surface area (Å²) in [5, 5.41) is 8.37. The molecule has 166 valence electrons. The van der Waals surface area contributed by atoms with Crippen LogP contribution in [0, 0.1) is 11.3 Å². The van der Waals surface area contributed by atoms with Crippen molar-refractivity contribution >= 4 is 5.97 Å². The fraction of sp³-hybridized carbons (Fsp3) is 0.792. The number of aromatic nitrogens is 2. The lowest BCUT2D eigenvalue weighted by atomic mass is 9.54. The van der Waals surface area contributed by atoms with Gasteiger partial charge in [-0.05, 0) is 108 Å². The van der Waals surface area contributed by atoms with Crippen LogP contribution in [0.15, 0.2) is 12.1 Å². The number of ether oxygens (including phenoxy) is 3. The molecule has 1 aromatic rings. The van der Waals surface area contributed by atoms with Crippen molar-refractivity contribution in [1.82, 2.24) is 10.2 Å². The van der Waals surface area contributed by atoms with E-state index in [0.717, 1.165) is 38.0 Å². The first-order chi connectivity index (χ1) is 14.3. The molecule has 1 aliphatic heterocycles. The zero-order chi connectivity index (χ0) is 21.2. The van der Waals surface area contributed by atoms with Crippen LogP contribution in [0.5, 0.6) is 0 Å². The van der Waals surface area contributed by atoms with Gasteiger partial charge in [0.05, 0.1) is 11.8 Å². The number of carbonyl (C=O) groups is 1. The SMILES string of the molecule is CC(C)(C)OC(=O)c1ccc(CC2CC3(CCC(OC4CCCCO4)CC3)C2)nn1. The molecule has 3 aliphatic rings. The second-order valence-electron chi connectivity index (χ2n) is 10.5. The molecule has 6 heteroatoms. The molecule has 6 nitrogen and oxygen atoms in total. The zero-order valence-electron chi connectivity index (χ0n) is 18.7. The lowest BCUT2D eigenvalue weighted by Gasteiger charge is -2.52. The molecule has 0 bridgehead atoms. The van der Waals surface area contributed by atoms with Gasteiger partial charge in [0.2, 0.25) is 0 Å². The minimum absolute atomic E-state index is 0.0363. The maximum absolute atomic E-state index is 12.1. The van der Waals surface area contributed by atoms with Gasteiger partial charge in [-0.15, -0.1) is 5.10 Å². The fourth-order valence-electron chi connectivity index (χ4n) is 5.29. The maximum Gasteiger partial charge on any atom is 0.359 e. The van der Waals surface area contributed by atoms with Crippen molar-refractivity contribution in [2.75, 3.05) is 6.61 Å². The quantitative estimate of drug-likeness (QED) is 0.639. The second-order valence-corrected chi connectivity index (χ2v) is 10.5. The molecule has 4 rings (SSSR count). The summed E-state index contributed by atoms with van der Waals surface area (Å²) in [6, 6.07) is 3.66. The predicted octanol–water partition coefficient (Wildman–Crippen LogP) is 4.86. The molecule has 0 radical (unpaired) electrons. The minimum atomic E-state index is -0.523. The molecule has 2 heterocycles. The lowest BCUT2D eigenvalue weighted by molar-refractivity contribution is -0.200. The third-order valence-corrected chi connectivity index (χ3v) is 6.74. The van der Waals surface area contributed by atoms with Crippen molar-refractivity contribution in [1.29, 1.82) is 0 Å². The summed E-state index contributed by atoms with van der Waals surface area (Å²) in [7, 11) is 0. The number of rotatable bonds is 5. The van der Waals surface area contributed by atoms with Crippen LogP contribution in [0.1, 0.15) is 94.7 Å². The van der Waals surface area contributed by atoms with Crippen molar-refractivity contribution < 1.29 is 19.0 Å². The molecule has 1 spiro atoms. The molecule has 1 aromatic heterocycles. The van der Waals surface area contributed by atoms with E-state index in [4.69, 9.17) is 14.2 Å². The summed E-state index contributed by atoms with van der Waals surface area (Å²) >= 11 is 0. The van der Waals surface area contributed by atoms with E-state index in [1.807, 2.05) is 26.8 Å². The molecule has 1 saturated heterocycles. The van der Waals surface area contributed by atoms with E-state index in [-0.39, 0.29) is 12.0 Å². The summed E-state index contributed by atoms with van der Waals surface area (Å²) in [5.41, 5.74) is 1.24. The van der Waals surface area contributed by atoms with E-state index in [2.05, 4.69) is 10.2 Å². The molecule has 1 atom stereocenters. The average molecular weight is 417 g/mol. The molecular formula is C24H36N2O4. The lowest BCUT2D eigenvalue weighted by Crippen LogP contribution is -2.43. The van der Waals surface area contributed by atoms with E-state index < -0.39 is 11.6 Å². The maximum atomic E-state index is 12.1. The smallest absolute Gasteiger partial charge is 0.359 e. The van der Waals surface area contributed by atoms with E-state index in [9.17, 15) is 4.79 Å². The van der Waals surface area contributed by atoms with Gasteiger partial charge in [0.25, 0.3) is 0 Å². The highest BCUT2D eigenvalue weighted by molar-refractivity contribution is 5.87. The molecule has 0 amide bonds. The first-order valence-corrected chi connectivity index (χ1v) is 11.6. The molecule has 30 heavy (non-hydrogen) atoms. The van der Waals surface area contributed by atoms with Crippen LogP contribution in [0.4, 0.5) is 0 Å². The highest BCUT2D eigenvalue weighted by Crippen LogP contribution is 2.55. The number of nitrogens with zero attached hydrogens (tertiary/aromatic N) is 2. The fourth-order valence-corrected chi connectivity index (χ4v) is 5.29. The van der Waals surface area contributed by atoms with Gasteiger partial charge >= 0.3 is 5.97 Å². The third-order valence-electron chi connectivity index (χ3n) is 6.74. The van der Waals surface area contributed by atoms with Crippen LogP contribution >= 0.6 is 0 Å². The van der Waals surface area contributed by atoms with E-state index in [1.54, 1.807) is 6.07 Å². The molecule has 0 aromatic carbocycles. The monoisotopic (exact) mass is 416 g/mol. The van der Waals surface area contributed by atoms with Crippen molar-refractivity contribution in [3.63, 3.8) is 0 Å². The van der Waals surface area contributed by atoms with Crippen LogP contribution in [-0.4, -0.2) is 40.8 Å². The van der Waals surface area contributed by atoms with E-state index in [0.29, 0.717) is 17.4 Å². The van der Waals surface area contributed by atoms with Gasteiger partial charge in [0.1, 0.15) is 5.60 Å². The van der Waals surface area contributed by atoms with Crippen molar-refractivity contribution in [3.8, 4) is 0 Å². The van der Waals surface area contributed by atoms with Gasteiger partial charge in [0, 0.05) is 6.61 Å². The second kappa shape index (κ2) is 8.91. The van der Waals surface area contributed by atoms with Crippen molar-refractivity contribution in [3.05, 3.63) is 23.5 Å². The van der Waals surface area contributed by atoms with Crippen molar-refractivity contribution in [2.45, 2.75) is 103 Å². The Morgan fingerprint density at radius 1 is 1.13 bits per heavy atom. The van der Waals surface area contributed by atoms with Crippen LogP contribution < -0.4 is 0 Å². The summed E-state index contributed by atoms with van der Waals surface area (Å²) in [4.78, 5) is 12.1. The predicted molar refractivity (Wildman–Crippen MR) is 113 cm³/mol. The molecule has 3 fully saturated rings. The van der Waals surface area contributed by atoms with Gasteiger partial charge in [-0.1, -0.05) is 0 Å². The number of esters is 1. The highest BCUT2D eigenvalue weighted by atomic mass is 16.7. The number of hydrogen-bond acceptors (Lipinski definition) is 6. The average Bonchev–Trinajstić information content (AvgIpc) is 2.68. The molecule has 2 aliphatic carbocycles. The van der Waals surface area contributed by atoms with E-state index >= 15 is 0 Å². The topological polar surface area (TPSA) is 70.5 Å². The molecule has 2 saturated carbocycles. The summed E-state index contributed by atoms with van der Waals surface area (Å²) in [6.07, 6.45) is 12.2. The normalized spacial score (nSPS) is 31.9. The van der Waals surface area contributed by atoms with Crippen LogP contribution in [-0.2, 0) is 20.6 Å². The van der Waals surface area contributed by atoms with Gasteiger partial charge < -0.3 is 14.2 Å². The Labute approximate surface area is 180 Å². The van der Waals surface area contributed by atoms with Gasteiger partial charge in [-0.25, -0.2) is 4.79 Å². The Hall–Kier alpha value is -1.53. The number of hydrogen-bond donors (Lipinski definition) is 0. The first kappa shape index (κ1) is 21.7. The summed E-state index contributed by atoms with van der Waals surface area (Å²) < 4.78 is 17.3. The Kier molecular flexibility index (Phi) is 6.44. The summed E-state index contributed by atoms with van der Waals surface area (Å²) in [5.74, 6) is 0.257. The molecule has 0 N–H and O–H groups in total. The Bertz CT molecular complexity index is 706. The summed E-state index contributed by atoms with van der Waals surface area (Å²) in [6.45, 7) is 6.40. The Morgan fingerprint density at radius 2 is 1.90 bits per heavy atom. The van der Waals surface area contributed by atoms with Gasteiger partial charge in [-0.3, -0.25) is 0 Å². The third kappa shape index (κ3) is 5.58. The molecular weight excluding hydrogens is 380 g/mol. The van der Waals surface area contributed by atoms with Gasteiger partial charge in [-0.2, -0.15) is 5.10 Å². The van der Waals surface area contributed by atoms with Crippen LogP contribution in [0.3, 0.4) is 0 Å². The standard InChI is InChI=1S/C24H36N2O4/c1-23(2,3)30-22(27)20-8-7-18(25-26-20)14-17-15-24(16-17)11-9-19(10-12-24)29-21-6-4-5-13-28-21/h7-8,17,19,21H,4-6,9-16H2,1-3H3. The van der Waals surface area contributed by atoms with Gasteiger partial charge in [0.15, 0.2) is 12.0 Å².